The summed E-state index contributed by atoms with van der Waals surface area (Å²) in [5, 5.41) is 11.9. The van der Waals surface area contributed by atoms with E-state index in [2.05, 4.69) is 10.2 Å². The quantitative estimate of drug-likeness (QED) is 0.538. The van der Waals surface area contributed by atoms with Crippen molar-refractivity contribution in [1.82, 2.24) is 10.2 Å². The number of rotatable bonds is 5. The monoisotopic (exact) mass is 288 g/mol. The van der Waals surface area contributed by atoms with Crippen LogP contribution >= 0.6 is 0 Å². The molecule has 1 fully saturated rings. The third-order valence-corrected chi connectivity index (χ3v) is 3.24. The topological polar surface area (TPSA) is 128 Å². The summed E-state index contributed by atoms with van der Waals surface area (Å²) in [6.45, 7) is 3.88. The molecule has 1 aliphatic rings. The molecule has 20 heavy (non-hydrogen) atoms. The maximum absolute atomic E-state index is 12.3. The highest BCUT2D eigenvalue weighted by atomic mass is 16.9. The summed E-state index contributed by atoms with van der Waals surface area (Å²) in [5.41, 5.74) is 4.08. The molecule has 0 aliphatic carbocycles. The average Bonchev–Trinajstić information content (AvgIpc) is 2.36. The first kappa shape index (κ1) is 16.0. The predicted molar refractivity (Wildman–Crippen MR) is 69.0 cm³/mol. The summed E-state index contributed by atoms with van der Waals surface area (Å²) in [4.78, 5) is 39.1. The standard InChI is InChI=1S/C11H20N4O5/c1-11(2,7-20-15(18)19)9(16)14-5-3-8(4-6-14)13-10(12)17/h8H,3-7H2,1-2H3,(H3,12,13,17). The van der Waals surface area contributed by atoms with Crippen LogP contribution in [0, 0.1) is 15.5 Å². The number of amides is 3. The van der Waals surface area contributed by atoms with Crippen LogP contribution in [0.5, 0.6) is 0 Å². The Bertz CT molecular complexity index is 390. The van der Waals surface area contributed by atoms with Crippen molar-refractivity contribution in [3.63, 3.8) is 0 Å². The lowest BCUT2D eigenvalue weighted by Crippen LogP contribution is -2.51. The van der Waals surface area contributed by atoms with Crippen molar-refractivity contribution in [3.8, 4) is 0 Å². The normalized spacial score (nSPS) is 16.6. The Morgan fingerprint density at radius 3 is 2.45 bits per heavy atom. The van der Waals surface area contributed by atoms with E-state index in [-0.39, 0.29) is 18.6 Å². The van der Waals surface area contributed by atoms with Crippen LogP contribution in [0.15, 0.2) is 0 Å². The summed E-state index contributed by atoms with van der Waals surface area (Å²) in [5.74, 6) is -0.197. The minimum absolute atomic E-state index is 0.0327. The summed E-state index contributed by atoms with van der Waals surface area (Å²) < 4.78 is 0. The van der Waals surface area contributed by atoms with Crippen molar-refractivity contribution >= 4 is 11.9 Å². The number of nitrogens with one attached hydrogen (secondary N) is 1. The number of nitrogens with zero attached hydrogens (tertiary/aromatic N) is 2. The smallest absolute Gasteiger partial charge is 0.312 e. The van der Waals surface area contributed by atoms with E-state index < -0.39 is 16.5 Å². The van der Waals surface area contributed by atoms with Gasteiger partial charge in [0.25, 0.3) is 5.09 Å². The average molecular weight is 288 g/mol. The lowest BCUT2D eigenvalue weighted by Gasteiger charge is -2.36. The number of primary amides is 1. The number of likely N-dealkylation sites (tertiary alicyclic amines) is 1. The SMILES string of the molecule is CC(C)(CO[N+](=O)[O-])C(=O)N1CCC(NC(N)=O)CC1. The zero-order valence-electron chi connectivity index (χ0n) is 11.6. The lowest BCUT2D eigenvalue weighted by molar-refractivity contribution is -0.760. The minimum Gasteiger partial charge on any atom is -0.352 e. The fourth-order valence-electron chi connectivity index (χ4n) is 2.13. The number of carbonyl (C=O) groups excluding carboxylic acids is 2. The number of nitrogens with two attached hydrogens (primary N) is 1. The maximum atomic E-state index is 12.3. The molecule has 0 spiro atoms. The van der Waals surface area contributed by atoms with E-state index >= 15 is 0 Å². The van der Waals surface area contributed by atoms with Gasteiger partial charge in [-0.3, -0.25) is 4.79 Å². The molecule has 9 heteroatoms. The second kappa shape index (κ2) is 6.40. The van der Waals surface area contributed by atoms with Gasteiger partial charge in [-0.25, -0.2) is 4.79 Å². The van der Waals surface area contributed by atoms with E-state index in [4.69, 9.17) is 5.73 Å². The first-order valence-corrected chi connectivity index (χ1v) is 6.35. The van der Waals surface area contributed by atoms with Crippen molar-refractivity contribution in [3.05, 3.63) is 10.1 Å². The number of urea groups is 1. The highest BCUT2D eigenvalue weighted by molar-refractivity contribution is 5.82. The van der Waals surface area contributed by atoms with E-state index in [0.29, 0.717) is 25.9 Å². The molecule has 1 saturated heterocycles. The molecule has 0 aromatic carbocycles. The number of hydrogen-bond donors (Lipinski definition) is 2. The molecule has 3 N–H and O–H groups in total. The summed E-state index contributed by atoms with van der Waals surface area (Å²) in [7, 11) is 0. The number of hydrogen-bond acceptors (Lipinski definition) is 5. The summed E-state index contributed by atoms with van der Waals surface area (Å²) in [6, 6.07) is -0.607. The predicted octanol–water partition coefficient (Wildman–Crippen LogP) is -0.120. The van der Waals surface area contributed by atoms with Crippen molar-refractivity contribution in [2.45, 2.75) is 32.7 Å². The molecule has 0 saturated carbocycles. The Morgan fingerprint density at radius 1 is 1.45 bits per heavy atom. The molecule has 0 aromatic rings. The van der Waals surface area contributed by atoms with Crippen LogP contribution in [-0.2, 0) is 9.63 Å². The van der Waals surface area contributed by atoms with Crippen LogP contribution in [0.25, 0.3) is 0 Å². The second-order valence-electron chi connectivity index (χ2n) is 5.46. The first-order chi connectivity index (χ1) is 9.22. The van der Waals surface area contributed by atoms with Crippen molar-refractivity contribution in [1.29, 1.82) is 0 Å². The van der Waals surface area contributed by atoms with Gasteiger partial charge in [0, 0.05) is 19.1 Å². The van der Waals surface area contributed by atoms with Gasteiger partial charge in [-0.1, -0.05) is 0 Å². The minimum atomic E-state index is -0.961. The Balaban J connectivity index is 2.49. The largest absolute Gasteiger partial charge is 0.352 e. The van der Waals surface area contributed by atoms with E-state index in [1.165, 1.54) is 0 Å². The van der Waals surface area contributed by atoms with Crippen LogP contribution in [0.4, 0.5) is 4.79 Å². The van der Waals surface area contributed by atoms with E-state index in [1.807, 2.05) is 0 Å². The molecule has 3 amide bonds. The van der Waals surface area contributed by atoms with Gasteiger partial charge in [-0.2, -0.15) is 0 Å². The Labute approximate surface area is 116 Å². The van der Waals surface area contributed by atoms with Gasteiger partial charge in [-0.05, 0) is 26.7 Å². The Hall–Kier alpha value is -2.06. The molecular formula is C11H20N4O5. The van der Waals surface area contributed by atoms with Crippen molar-refractivity contribution in [2.75, 3.05) is 19.7 Å². The number of carbonyl (C=O) groups is 2. The van der Waals surface area contributed by atoms with Crippen LogP contribution < -0.4 is 11.1 Å². The summed E-state index contributed by atoms with van der Waals surface area (Å²) >= 11 is 0. The van der Waals surface area contributed by atoms with Gasteiger partial charge in [0.15, 0.2) is 0 Å². The fraction of sp³-hybridized carbons (Fsp3) is 0.818. The first-order valence-electron chi connectivity index (χ1n) is 6.35. The van der Waals surface area contributed by atoms with E-state index in [0.717, 1.165) is 0 Å². The highest BCUT2D eigenvalue weighted by Gasteiger charge is 2.35. The zero-order chi connectivity index (χ0) is 15.3. The van der Waals surface area contributed by atoms with Gasteiger partial charge in [-0.15, -0.1) is 10.1 Å². The van der Waals surface area contributed by atoms with E-state index in [9.17, 15) is 19.7 Å². The van der Waals surface area contributed by atoms with Crippen LogP contribution in [-0.4, -0.2) is 47.7 Å². The van der Waals surface area contributed by atoms with E-state index in [1.54, 1.807) is 18.7 Å². The van der Waals surface area contributed by atoms with Gasteiger partial charge in [0.2, 0.25) is 5.91 Å². The Morgan fingerprint density at radius 2 is 2.00 bits per heavy atom. The van der Waals surface area contributed by atoms with Crippen LogP contribution in [0.3, 0.4) is 0 Å². The molecule has 0 unspecified atom stereocenters. The summed E-state index contributed by atoms with van der Waals surface area (Å²) in [6.07, 6.45) is 1.22. The van der Waals surface area contributed by atoms with Crippen molar-refractivity contribution < 1.29 is 19.5 Å². The van der Waals surface area contributed by atoms with Gasteiger partial charge < -0.3 is 20.8 Å². The lowest BCUT2D eigenvalue weighted by atomic mass is 9.91. The zero-order valence-corrected chi connectivity index (χ0v) is 11.6. The van der Waals surface area contributed by atoms with Crippen LogP contribution in [0.1, 0.15) is 26.7 Å². The molecule has 9 nitrogen and oxygen atoms in total. The maximum Gasteiger partial charge on any atom is 0.312 e. The Kier molecular flexibility index (Phi) is 5.12. The van der Waals surface area contributed by atoms with Gasteiger partial charge >= 0.3 is 6.03 Å². The fourth-order valence-corrected chi connectivity index (χ4v) is 2.13. The highest BCUT2D eigenvalue weighted by Crippen LogP contribution is 2.22. The molecular weight excluding hydrogens is 268 g/mol. The number of piperidine rings is 1. The third-order valence-electron chi connectivity index (χ3n) is 3.24. The van der Waals surface area contributed by atoms with Crippen molar-refractivity contribution in [2.24, 2.45) is 11.1 Å². The van der Waals surface area contributed by atoms with Gasteiger partial charge in [0.05, 0.1) is 5.41 Å². The third kappa shape index (κ3) is 4.56. The molecule has 0 bridgehead atoms. The van der Waals surface area contributed by atoms with Gasteiger partial charge in [0.1, 0.15) is 6.61 Å². The van der Waals surface area contributed by atoms with Crippen LogP contribution in [0.2, 0.25) is 0 Å². The molecule has 0 atom stereocenters. The second-order valence-corrected chi connectivity index (χ2v) is 5.46. The molecule has 114 valence electrons. The molecule has 0 aromatic heterocycles. The molecule has 0 radical (unpaired) electrons. The molecule has 1 heterocycles. The molecule has 1 rings (SSSR count). The molecule has 1 aliphatic heterocycles.